The lowest BCUT2D eigenvalue weighted by Crippen LogP contribution is -2.54. The number of ketones is 1. The SMILES string of the molecule is CC1=CCC[C@@]2(C)[C@@H](CC[C@@]2(O)CN(Cc2cccc3ccccc23)C(=O)Nc2ccccc2)c2ccc(cc2C(=O)c2ccc(F)c(F)c2)C[C@@H](O)CC1. The molecule has 8 rings (SSSR count). The third-order valence-electron chi connectivity index (χ3n) is 12.1. The van der Waals surface area contributed by atoms with Gasteiger partial charge in [0.05, 0.1) is 18.2 Å². The van der Waals surface area contributed by atoms with Crippen LogP contribution in [-0.4, -0.2) is 45.2 Å². The van der Waals surface area contributed by atoms with Crippen molar-refractivity contribution in [3.05, 3.63) is 160 Å². The molecule has 8 heteroatoms. The van der Waals surface area contributed by atoms with Gasteiger partial charge in [-0.25, -0.2) is 13.6 Å². The predicted molar refractivity (Wildman–Crippen MR) is 213 cm³/mol. The summed E-state index contributed by atoms with van der Waals surface area (Å²) in [5, 5.41) is 29.2. The molecule has 6 nitrogen and oxygen atoms in total. The molecule has 5 aromatic carbocycles. The molecule has 284 valence electrons. The number of rotatable bonds is 7. The van der Waals surface area contributed by atoms with Gasteiger partial charge in [0, 0.05) is 28.8 Å². The van der Waals surface area contributed by atoms with Gasteiger partial charge in [-0.3, -0.25) is 4.79 Å². The molecule has 1 saturated carbocycles. The van der Waals surface area contributed by atoms with Crippen molar-refractivity contribution in [2.75, 3.05) is 11.9 Å². The van der Waals surface area contributed by atoms with Gasteiger partial charge >= 0.3 is 6.03 Å². The molecule has 0 radical (unpaired) electrons. The van der Waals surface area contributed by atoms with Crippen LogP contribution in [0.5, 0.6) is 0 Å². The Morgan fingerprint density at radius 3 is 2.44 bits per heavy atom. The zero-order valence-electron chi connectivity index (χ0n) is 31.4. The zero-order chi connectivity index (χ0) is 38.7. The first-order chi connectivity index (χ1) is 26.4. The standard InChI is InChI=1S/C47H48F2N2O4/c1-31-10-9-24-46(2)41(39-21-18-32(26-37(52)20-17-31)27-40(39)44(53)34-19-22-42(48)43(49)28-34)23-25-47(46,55)30-51(45(54)50-36-14-4-3-5-15-36)29-35-13-8-12-33-11-6-7-16-38(33)35/h3-8,10-16,18-19,21-22,27-28,37,41,52,55H,9,17,20,23-26,29-30H2,1-2H3,(H,50,54)/t37-,41-,46-,47+/m0/s1. The molecule has 4 atom stereocenters. The number of anilines is 1. The van der Waals surface area contributed by atoms with Gasteiger partial charge in [0.2, 0.25) is 0 Å². The van der Waals surface area contributed by atoms with Gasteiger partial charge < -0.3 is 20.4 Å². The summed E-state index contributed by atoms with van der Waals surface area (Å²) in [6.07, 6.45) is 5.20. The number of urea groups is 1. The molecule has 2 amide bonds. The lowest BCUT2D eigenvalue weighted by molar-refractivity contribution is -0.0773. The summed E-state index contributed by atoms with van der Waals surface area (Å²) in [4.78, 5) is 30.3. The molecule has 3 N–H and O–H groups in total. The van der Waals surface area contributed by atoms with E-state index in [4.69, 9.17) is 0 Å². The van der Waals surface area contributed by atoms with Crippen LogP contribution in [0.2, 0.25) is 0 Å². The Kier molecular flexibility index (Phi) is 11.0. The number of para-hydroxylation sites is 1. The van der Waals surface area contributed by atoms with E-state index in [0.29, 0.717) is 61.8 Å². The highest BCUT2D eigenvalue weighted by molar-refractivity contribution is 6.10. The number of halogens is 2. The molecule has 2 bridgehead atoms. The minimum atomic E-state index is -1.38. The second kappa shape index (κ2) is 15.9. The Hall–Kier alpha value is -5.18. The zero-order valence-corrected chi connectivity index (χ0v) is 31.4. The Labute approximate surface area is 321 Å². The first-order valence-electron chi connectivity index (χ1n) is 19.2. The number of allylic oxidation sites excluding steroid dienone is 2. The maximum Gasteiger partial charge on any atom is 0.322 e. The van der Waals surface area contributed by atoms with Crippen molar-refractivity contribution in [1.29, 1.82) is 0 Å². The number of carbonyl (C=O) groups excluding carboxylic acids is 2. The molecule has 0 aromatic heterocycles. The number of nitrogens with one attached hydrogen (secondary N) is 1. The van der Waals surface area contributed by atoms with Crippen molar-refractivity contribution >= 4 is 28.3 Å². The van der Waals surface area contributed by atoms with Crippen molar-refractivity contribution in [3.63, 3.8) is 0 Å². The molecule has 0 unspecified atom stereocenters. The Morgan fingerprint density at radius 1 is 0.873 bits per heavy atom. The maximum absolute atomic E-state index is 14.5. The molecule has 0 heterocycles. The number of carbonyl (C=O) groups is 2. The maximum atomic E-state index is 14.5. The van der Waals surface area contributed by atoms with E-state index in [-0.39, 0.29) is 30.6 Å². The fourth-order valence-electron chi connectivity index (χ4n) is 8.86. The Bertz CT molecular complexity index is 2230. The monoisotopic (exact) mass is 742 g/mol. The third-order valence-corrected chi connectivity index (χ3v) is 12.1. The van der Waals surface area contributed by atoms with Crippen LogP contribution in [0.15, 0.2) is 121 Å². The summed E-state index contributed by atoms with van der Waals surface area (Å²) in [5.41, 5.74) is 2.36. The summed E-state index contributed by atoms with van der Waals surface area (Å²) in [6, 6.07) is 31.8. The first-order valence-corrected chi connectivity index (χ1v) is 19.2. The largest absolute Gasteiger partial charge is 0.393 e. The molecule has 3 aliphatic carbocycles. The fraction of sp³-hybridized carbons (Fsp3) is 0.319. The molecule has 0 saturated heterocycles. The molecule has 55 heavy (non-hydrogen) atoms. The highest BCUT2D eigenvalue weighted by atomic mass is 19.2. The average Bonchev–Trinajstić information content (AvgIpc) is 3.43. The minimum absolute atomic E-state index is 0.0198. The second-order valence-corrected chi connectivity index (χ2v) is 15.7. The lowest BCUT2D eigenvalue weighted by atomic mass is 9.64. The highest BCUT2D eigenvalue weighted by Crippen LogP contribution is 2.59. The summed E-state index contributed by atoms with van der Waals surface area (Å²) in [6.45, 7) is 4.40. The third kappa shape index (κ3) is 7.98. The van der Waals surface area contributed by atoms with E-state index in [9.17, 15) is 28.6 Å². The number of fused-ring (bicyclic) bond motifs is 9. The van der Waals surface area contributed by atoms with Crippen LogP contribution >= 0.6 is 0 Å². The molecule has 5 aromatic rings. The van der Waals surface area contributed by atoms with Crippen LogP contribution in [0.1, 0.15) is 90.9 Å². The van der Waals surface area contributed by atoms with Crippen LogP contribution in [-0.2, 0) is 13.0 Å². The number of amides is 2. The van der Waals surface area contributed by atoms with Gasteiger partial charge in [0.25, 0.3) is 0 Å². The lowest BCUT2D eigenvalue weighted by Gasteiger charge is -2.46. The van der Waals surface area contributed by atoms with E-state index in [2.05, 4.69) is 25.2 Å². The van der Waals surface area contributed by atoms with Crippen molar-refractivity contribution in [2.45, 2.75) is 83.0 Å². The van der Waals surface area contributed by atoms with Gasteiger partial charge in [-0.2, -0.15) is 0 Å². The van der Waals surface area contributed by atoms with Gasteiger partial charge in [-0.05, 0) is 122 Å². The van der Waals surface area contributed by atoms with Crippen molar-refractivity contribution in [2.24, 2.45) is 5.41 Å². The Morgan fingerprint density at radius 2 is 1.64 bits per heavy atom. The molecular formula is C47H48F2N2O4. The molecule has 1 fully saturated rings. The molecule has 0 spiro atoms. The normalized spacial score (nSPS) is 22.8. The smallest absolute Gasteiger partial charge is 0.322 e. The van der Waals surface area contributed by atoms with Crippen molar-refractivity contribution < 1.29 is 28.6 Å². The summed E-state index contributed by atoms with van der Waals surface area (Å²) < 4.78 is 28.5. The first kappa shape index (κ1) is 38.1. The molecule has 3 aliphatic rings. The predicted octanol–water partition coefficient (Wildman–Crippen LogP) is 10.1. The van der Waals surface area contributed by atoms with Crippen LogP contribution in [0, 0.1) is 17.0 Å². The van der Waals surface area contributed by atoms with Crippen LogP contribution in [0.4, 0.5) is 19.3 Å². The van der Waals surface area contributed by atoms with Crippen LogP contribution < -0.4 is 5.32 Å². The molecule has 0 aliphatic heterocycles. The summed E-state index contributed by atoms with van der Waals surface area (Å²) in [7, 11) is 0. The minimum Gasteiger partial charge on any atom is -0.393 e. The molecular weight excluding hydrogens is 695 g/mol. The summed E-state index contributed by atoms with van der Waals surface area (Å²) >= 11 is 0. The van der Waals surface area contributed by atoms with E-state index in [1.807, 2.05) is 84.9 Å². The second-order valence-electron chi connectivity index (χ2n) is 15.7. The topological polar surface area (TPSA) is 89.9 Å². The van der Waals surface area contributed by atoms with Gasteiger partial charge in [0.15, 0.2) is 17.4 Å². The van der Waals surface area contributed by atoms with E-state index < -0.39 is 34.5 Å². The van der Waals surface area contributed by atoms with Gasteiger partial charge in [-0.1, -0.05) is 91.4 Å². The number of aliphatic hydroxyl groups is 2. The average molecular weight is 743 g/mol. The summed E-state index contributed by atoms with van der Waals surface area (Å²) in [5.74, 6) is -2.92. The number of aliphatic hydroxyl groups excluding tert-OH is 1. The number of hydrogen-bond acceptors (Lipinski definition) is 4. The Balaban J connectivity index is 1.31. The number of nitrogens with zero attached hydrogens (tertiary/aromatic N) is 1. The van der Waals surface area contributed by atoms with Crippen LogP contribution in [0.3, 0.4) is 0 Å². The highest BCUT2D eigenvalue weighted by Gasteiger charge is 2.57. The van der Waals surface area contributed by atoms with Gasteiger partial charge in [-0.15, -0.1) is 0 Å². The van der Waals surface area contributed by atoms with Gasteiger partial charge in [0.1, 0.15) is 0 Å². The van der Waals surface area contributed by atoms with E-state index in [1.54, 1.807) is 11.0 Å². The fourth-order valence-corrected chi connectivity index (χ4v) is 8.86. The quantitative estimate of drug-likeness (QED) is 0.114. The van der Waals surface area contributed by atoms with Crippen LogP contribution in [0.25, 0.3) is 10.8 Å². The van der Waals surface area contributed by atoms with E-state index in [0.717, 1.165) is 39.6 Å². The number of hydrogen-bond donors (Lipinski definition) is 3. The van der Waals surface area contributed by atoms with E-state index in [1.165, 1.54) is 6.07 Å². The van der Waals surface area contributed by atoms with Crippen molar-refractivity contribution in [1.82, 2.24) is 4.90 Å². The number of benzene rings is 5. The van der Waals surface area contributed by atoms with E-state index >= 15 is 0 Å². The van der Waals surface area contributed by atoms with Crippen molar-refractivity contribution in [3.8, 4) is 0 Å².